The number of hydrogen-bond donors (Lipinski definition) is 1. The van der Waals surface area contributed by atoms with Crippen LogP contribution in [0.5, 0.6) is 11.5 Å². The number of aromatic nitrogens is 4. The van der Waals surface area contributed by atoms with Gasteiger partial charge in [0.2, 0.25) is 5.91 Å². The summed E-state index contributed by atoms with van der Waals surface area (Å²) >= 11 is 0. The number of amides is 1. The van der Waals surface area contributed by atoms with Crippen molar-refractivity contribution in [1.29, 1.82) is 0 Å². The van der Waals surface area contributed by atoms with Crippen LogP contribution >= 0.6 is 0 Å². The van der Waals surface area contributed by atoms with Crippen molar-refractivity contribution in [2.24, 2.45) is 22.9 Å². The normalized spacial score (nSPS) is 19.4. The molecule has 4 aromatic rings. The first kappa shape index (κ1) is 25.5. The molecular weight excluding hydrogens is 506 g/mol. The Morgan fingerprint density at radius 2 is 1.80 bits per heavy atom. The molecule has 2 aromatic carbocycles. The third-order valence-corrected chi connectivity index (χ3v) is 7.31. The third-order valence-electron chi connectivity index (χ3n) is 7.31. The summed E-state index contributed by atoms with van der Waals surface area (Å²) in [5.74, 6) is 2.25. The number of hydrogen-bond acceptors (Lipinski definition) is 8. The number of hydrazone groups is 1. The van der Waals surface area contributed by atoms with E-state index in [9.17, 15) is 4.79 Å². The lowest BCUT2D eigenvalue weighted by molar-refractivity contribution is -0.117. The number of ether oxygens (including phenoxy) is 2. The second-order valence-electron chi connectivity index (χ2n) is 10.2. The van der Waals surface area contributed by atoms with E-state index < -0.39 is 0 Å². The lowest BCUT2D eigenvalue weighted by Crippen LogP contribution is -2.22. The highest BCUT2D eigenvalue weighted by molar-refractivity contribution is 5.94. The van der Waals surface area contributed by atoms with Gasteiger partial charge in [0, 0.05) is 43.1 Å². The molecule has 40 heavy (non-hydrogen) atoms. The maximum atomic E-state index is 12.9. The van der Waals surface area contributed by atoms with E-state index in [1.807, 2.05) is 59.6 Å². The number of carbonyl (C=O) groups is 1. The van der Waals surface area contributed by atoms with Gasteiger partial charge in [-0.15, -0.1) is 5.10 Å². The van der Waals surface area contributed by atoms with E-state index in [2.05, 4.69) is 42.9 Å². The summed E-state index contributed by atoms with van der Waals surface area (Å²) in [7, 11) is 1.66. The predicted octanol–water partition coefficient (Wildman–Crippen LogP) is 4.00. The van der Waals surface area contributed by atoms with Crippen molar-refractivity contribution in [1.82, 2.24) is 25.0 Å². The number of nitrogens with one attached hydrogen (secondary N) is 1. The minimum Gasteiger partial charge on any atom is -0.497 e. The van der Waals surface area contributed by atoms with Crippen molar-refractivity contribution in [3.63, 3.8) is 0 Å². The summed E-state index contributed by atoms with van der Waals surface area (Å²) in [4.78, 5) is 12.9. The van der Waals surface area contributed by atoms with Crippen molar-refractivity contribution in [2.45, 2.75) is 26.1 Å². The Hall–Kier alpha value is -4.73. The molecule has 1 amide bonds. The molecule has 1 aliphatic heterocycles. The van der Waals surface area contributed by atoms with Crippen LogP contribution in [0.4, 0.5) is 5.82 Å². The molecule has 0 bridgehead atoms. The maximum absolute atomic E-state index is 12.9. The van der Waals surface area contributed by atoms with Crippen molar-refractivity contribution in [3.8, 4) is 11.5 Å². The van der Waals surface area contributed by atoms with Gasteiger partial charge in [-0.1, -0.05) is 36.4 Å². The Morgan fingerprint density at radius 3 is 2.58 bits per heavy atom. The Labute approximate surface area is 232 Å². The Balaban J connectivity index is 0.956. The average molecular weight is 538 g/mol. The second-order valence-corrected chi connectivity index (χ2v) is 10.2. The van der Waals surface area contributed by atoms with Gasteiger partial charge in [0.25, 0.3) is 0 Å². The van der Waals surface area contributed by atoms with Crippen LogP contribution in [0.3, 0.4) is 0 Å². The van der Waals surface area contributed by atoms with Gasteiger partial charge in [0.15, 0.2) is 5.82 Å². The topological polar surface area (TPSA) is 107 Å². The van der Waals surface area contributed by atoms with Gasteiger partial charge >= 0.3 is 0 Å². The van der Waals surface area contributed by atoms with Crippen molar-refractivity contribution in [3.05, 3.63) is 95.9 Å². The fourth-order valence-corrected chi connectivity index (χ4v) is 5.00. The molecule has 6 rings (SSSR count). The molecule has 1 N–H and O–H groups in total. The molecule has 2 aliphatic rings. The standard InChI is InChI=1S/C30H31N7O3/c1-39-25-9-7-22(8-10-25)18-37-19-24(15-33-37)27-14-28(27)30(38)34-29-13-26(16-31-35-29)40-20-23-5-3-21(4-6-23)17-36-12-2-11-32-36/h2-13,15-16,24,27-28H,14,17-20H2,1H3,(H,34,35,38)/t24?,27-,28+/m1/s1. The van der Waals surface area contributed by atoms with Gasteiger partial charge in [0.05, 0.1) is 26.4 Å². The number of benzene rings is 2. The molecule has 10 nitrogen and oxygen atoms in total. The summed E-state index contributed by atoms with van der Waals surface area (Å²) in [5, 5.41) is 21.9. The van der Waals surface area contributed by atoms with E-state index in [1.165, 1.54) is 5.56 Å². The van der Waals surface area contributed by atoms with E-state index >= 15 is 0 Å². The minimum atomic E-state index is -0.0518. The Morgan fingerprint density at radius 1 is 1.02 bits per heavy atom. The van der Waals surface area contributed by atoms with E-state index in [0.717, 1.165) is 42.9 Å². The molecule has 0 spiro atoms. The van der Waals surface area contributed by atoms with E-state index in [4.69, 9.17) is 9.47 Å². The molecule has 204 valence electrons. The van der Waals surface area contributed by atoms with Crippen LogP contribution in [0.2, 0.25) is 0 Å². The first-order valence-corrected chi connectivity index (χ1v) is 13.4. The van der Waals surface area contributed by atoms with Gasteiger partial charge in [-0.05, 0) is 47.2 Å². The molecule has 1 unspecified atom stereocenters. The molecule has 0 saturated heterocycles. The highest BCUT2D eigenvalue weighted by Crippen LogP contribution is 2.46. The summed E-state index contributed by atoms with van der Waals surface area (Å²) in [6.07, 6.45) is 8.09. The lowest BCUT2D eigenvalue weighted by Gasteiger charge is -2.16. The monoisotopic (exact) mass is 537 g/mol. The molecule has 2 aromatic heterocycles. The molecule has 0 radical (unpaired) electrons. The lowest BCUT2D eigenvalue weighted by atomic mass is 10.0. The molecule has 10 heteroatoms. The first-order chi connectivity index (χ1) is 19.6. The van der Waals surface area contributed by atoms with Gasteiger partial charge in [-0.3, -0.25) is 14.5 Å². The van der Waals surface area contributed by atoms with Crippen LogP contribution < -0.4 is 14.8 Å². The van der Waals surface area contributed by atoms with Crippen LogP contribution in [0.15, 0.2) is 84.4 Å². The summed E-state index contributed by atoms with van der Waals surface area (Å²) in [6, 6.07) is 19.8. The fourth-order valence-electron chi connectivity index (χ4n) is 5.00. The zero-order valence-corrected chi connectivity index (χ0v) is 22.3. The fraction of sp³-hybridized carbons (Fsp3) is 0.300. The summed E-state index contributed by atoms with van der Waals surface area (Å²) in [5.41, 5.74) is 3.37. The van der Waals surface area contributed by atoms with Crippen LogP contribution in [0.1, 0.15) is 23.1 Å². The van der Waals surface area contributed by atoms with Gasteiger partial charge in [0.1, 0.15) is 18.1 Å². The van der Waals surface area contributed by atoms with Crippen LogP contribution in [0, 0.1) is 17.8 Å². The van der Waals surface area contributed by atoms with E-state index in [0.29, 0.717) is 18.2 Å². The van der Waals surface area contributed by atoms with E-state index in [1.54, 1.807) is 25.6 Å². The predicted molar refractivity (Wildman–Crippen MR) is 150 cm³/mol. The number of carbonyl (C=O) groups excluding carboxylic acids is 1. The summed E-state index contributed by atoms with van der Waals surface area (Å²) < 4.78 is 13.0. The highest BCUT2D eigenvalue weighted by Gasteiger charge is 2.48. The third kappa shape index (κ3) is 6.28. The molecule has 1 saturated carbocycles. The number of rotatable bonds is 11. The van der Waals surface area contributed by atoms with Gasteiger partial charge < -0.3 is 14.8 Å². The largest absolute Gasteiger partial charge is 0.497 e. The van der Waals surface area contributed by atoms with Gasteiger partial charge in [-0.25, -0.2) is 0 Å². The number of anilines is 1. The Kier molecular flexibility index (Phi) is 7.39. The molecular formula is C30H31N7O3. The first-order valence-electron chi connectivity index (χ1n) is 13.4. The average Bonchev–Trinajstić information content (AvgIpc) is 3.36. The zero-order chi connectivity index (χ0) is 27.3. The van der Waals surface area contributed by atoms with Crippen LogP contribution in [-0.4, -0.2) is 50.8 Å². The maximum Gasteiger partial charge on any atom is 0.229 e. The van der Waals surface area contributed by atoms with Crippen molar-refractivity contribution < 1.29 is 14.3 Å². The van der Waals surface area contributed by atoms with E-state index in [-0.39, 0.29) is 23.7 Å². The second kappa shape index (κ2) is 11.6. The molecule has 1 aliphatic carbocycles. The van der Waals surface area contributed by atoms with Crippen molar-refractivity contribution >= 4 is 17.9 Å². The number of nitrogens with zero attached hydrogens (tertiary/aromatic N) is 6. The molecule has 3 heterocycles. The minimum absolute atomic E-state index is 0.0359. The molecule has 3 atom stereocenters. The highest BCUT2D eigenvalue weighted by atomic mass is 16.5. The Bertz CT molecular complexity index is 1460. The smallest absolute Gasteiger partial charge is 0.229 e. The quantitative estimate of drug-likeness (QED) is 0.308. The van der Waals surface area contributed by atoms with Crippen LogP contribution in [0.25, 0.3) is 0 Å². The van der Waals surface area contributed by atoms with Gasteiger partial charge in [-0.2, -0.15) is 15.3 Å². The summed E-state index contributed by atoms with van der Waals surface area (Å²) in [6.45, 7) is 2.66. The molecule has 1 fully saturated rings. The SMILES string of the molecule is COc1ccc(CN2CC([C@H]3C[C@@H]3C(=O)Nc3cc(OCc4ccc(Cn5cccn5)cc4)cnn3)C=N2)cc1. The van der Waals surface area contributed by atoms with Crippen LogP contribution in [-0.2, 0) is 24.5 Å². The van der Waals surface area contributed by atoms with Crippen molar-refractivity contribution in [2.75, 3.05) is 19.0 Å². The zero-order valence-electron chi connectivity index (χ0n) is 22.3. The number of methoxy groups -OCH3 is 1.